The summed E-state index contributed by atoms with van der Waals surface area (Å²) in [6.07, 6.45) is -2.85. The Morgan fingerprint density at radius 1 is 1.45 bits per heavy atom. The summed E-state index contributed by atoms with van der Waals surface area (Å²) in [5, 5.41) is 10.9. The van der Waals surface area contributed by atoms with Crippen molar-refractivity contribution in [2.45, 2.75) is 31.8 Å². The number of methoxy groups -OCH3 is 1. The van der Waals surface area contributed by atoms with Crippen LogP contribution in [0, 0.1) is 0 Å². The van der Waals surface area contributed by atoms with Crippen LogP contribution in [0.1, 0.15) is 25.5 Å². The molecule has 6 nitrogen and oxygen atoms in total. The molecule has 1 heterocycles. The van der Waals surface area contributed by atoms with Gasteiger partial charge in [0.2, 0.25) is 0 Å². The van der Waals surface area contributed by atoms with Crippen molar-refractivity contribution in [3.8, 4) is 0 Å². The lowest BCUT2D eigenvalue weighted by Crippen LogP contribution is -2.61. The van der Waals surface area contributed by atoms with Gasteiger partial charge in [-0.25, -0.2) is 4.79 Å². The number of Topliss-reactive ketones (excluding diaryl/α,β-unsaturated/α-hetero) is 1. The first kappa shape index (κ1) is 16.7. The number of benzene rings is 1. The van der Waals surface area contributed by atoms with Gasteiger partial charge in [-0.15, -0.1) is 0 Å². The predicted octanol–water partition coefficient (Wildman–Crippen LogP) is 2.15. The van der Waals surface area contributed by atoms with E-state index in [9.17, 15) is 14.7 Å². The first-order valence-electron chi connectivity index (χ1n) is 6.76. The van der Waals surface area contributed by atoms with Crippen molar-refractivity contribution in [2.75, 3.05) is 13.7 Å². The highest BCUT2D eigenvalue weighted by molar-refractivity contribution is 6.30. The minimum atomic E-state index is -1.14. The molecule has 2 rings (SSSR count). The Hall–Kier alpha value is -1.63. The zero-order chi connectivity index (χ0) is 16.5. The molecule has 1 aromatic carbocycles. The van der Waals surface area contributed by atoms with E-state index in [1.54, 1.807) is 38.1 Å². The fourth-order valence-electron chi connectivity index (χ4n) is 2.35. The number of amides is 1. The van der Waals surface area contributed by atoms with Crippen LogP contribution >= 0.6 is 11.6 Å². The van der Waals surface area contributed by atoms with Crippen LogP contribution < -0.4 is 0 Å². The molecule has 1 aliphatic rings. The van der Waals surface area contributed by atoms with Gasteiger partial charge in [-0.3, -0.25) is 9.69 Å². The average molecular weight is 328 g/mol. The zero-order valence-electron chi connectivity index (χ0n) is 12.6. The van der Waals surface area contributed by atoms with E-state index in [-0.39, 0.29) is 6.54 Å². The molecule has 0 aliphatic carbocycles. The van der Waals surface area contributed by atoms with Crippen molar-refractivity contribution in [3.05, 3.63) is 34.9 Å². The maximum absolute atomic E-state index is 12.2. The Morgan fingerprint density at radius 2 is 2.05 bits per heavy atom. The molecule has 7 heteroatoms. The third-order valence-corrected chi connectivity index (χ3v) is 3.84. The summed E-state index contributed by atoms with van der Waals surface area (Å²) in [5.74, 6) is -0.396. The standard InChI is InChI=1S/C15H18ClNO5/c1-15(2)17(14(20)21-3)8-11(18)13(22-15)12(19)9-4-6-10(16)7-5-9/h4-7,12-13,19H,8H2,1-3H3/t12-,13+/m0/s1. The van der Waals surface area contributed by atoms with Crippen LogP contribution in [0.4, 0.5) is 4.79 Å². The number of nitrogens with zero attached hydrogens (tertiary/aromatic N) is 1. The van der Waals surface area contributed by atoms with Crippen LogP contribution in [0.3, 0.4) is 0 Å². The quantitative estimate of drug-likeness (QED) is 0.900. The summed E-state index contributed by atoms with van der Waals surface area (Å²) in [4.78, 5) is 25.1. The van der Waals surface area contributed by atoms with E-state index in [4.69, 9.17) is 16.3 Å². The van der Waals surface area contributed by atoms with Crippen LogP contribution in [0.5, 0.6) is 0 Å². The molecule has 1 aliphatic heterocycles. The van der Waals surface area contributed by atoms with Gasteiger partial charge < -0.3 is 14.6 Å². The molecule has 120 valence electrons. The fourth-order valence-corrected chi connectivity index (χ4v) is 2.47. The zero-order valence-corrected chi connectivity index (χ0v) is 13.3. The Bertz CT molecular complexity index is 572. The van der Waals surface area contributed by atoms with E-state index in [1.165, 1.54) is 12.0 Å². The Morgan fingerprint density at radius 3 is 2.59 bits per heavy atom. The van der Waals surface area contributed by atoms with E-state index in [2.05, 4.69) is 4.74 Å². The van der Waals surface area contributed by atoms with Gasteiger partial charge in [0.25, 0.3) is 0 Å². The van der Waals surface area contributed by atoms with Crippen LogP contribution in [0.15, 0.2) is 24.3 Å². The molecule has 0 spiro atoms. The minimum Gasteiger partial charge on any atom is -0.453 e. The van der Waals surface area contributed by atoms with E-state index >= 15 is 0 Å². The second-order valence-corrected chi connectivity index (χ2v) is 5.94. The minimum absolute atomic E-state index is 0.186. The van der Waals surface area contributed by atoms with Gasteiger partial charge in [0, 0.05) is 5.02 Å². The molecule has 1 aromatic rings. The number of halogens is 1. The number of carbonyl (C=O) groups excluding carboxylic acids is 2. The highest BCUT2D eigenvalue weighted by Crippen LogP contribution is 2.31. The second-order valence-electron chi connectivity index (χ2n) is 5.50. The molecule has 1 fully saturated rings. The summed E-state index contributed by atoms with van der Waals surface area (Å²) < 4.78 is 10.3. The van der Waals surface area contributed by atoms with Crippen molar-refractivity contribution < 1.29 is 24.2 Å². The number of hydrogen-bond donors (Lipinski definition) is 1. The molecule has 1 amide bonds. The van der Waals surface area contributed by atoms with Crippen LogP contribution in [-0.2, 0) is 14.3 Å². The van der Waals surface area contributed by atoms with Crippen LogP contribution in [0.2, 0.25) is 5.02 Å². The van der Waals surface area contributed by atoms with Crippen molar-refractivity contribution in [1.29, 1.82) is 0 Å². The third-order valence-electron chi connectivity index (χ3n) is 3.59. The number of carbonyl (C=O) groups is 2. The molecule has 2 atom stereocenters. The fraction of sp³-hybridized carbons (Fsp3) is 0.467. The monoisotopic (exact) mass is 327 g/mol. The van der Waals surface area contributed by atoms with Gasteiger partial charge in [0.1, 0.15) is 11.8 Å². The van der Waals surface area contributed by atoms with Gasteiger partial charge in [-0.05, 0) is 31.5 Å². The van der Waals surface area contributed by atoms with Crippen molar-refractivity contribution in [2.24, 2.45) is 0 Å². The first-order chi connectivity index (χ1) is 10.3. The highest BCUT2D eigenvalue weighted by atomic mass is 35.5. The maximum Gasteiger partial charge on any atom is 0.412 e. The van der Waals surface area contributed by atoms with Crippen molar-refractivity contribution in [3.63, 3.8) is 0 Å². The lowest BCUT2D eigenvalue weighted by Gasteiger charge is -2.44. The van der Waals surface area contributed by atoms with Gasteiger partial charge in [-0.2, -0.15) is 0 Å². The number of aliphatic hydroxyl groups excluding tert-OH is 1. The Kier molecular flexibility index (Phi) is 4.75. The largest absolute Gasteiger partial charge is 0.453 e. The first-order valence-corrected chi connectivity index (χ1v) is 7.13. The van der Waals surface area contributed by atoms with Gasteiger partial charge in [0.15, 0.2) is 11.9 Å². The average Bonchev–Trinajstić information content (AvgIpc) is 2.48. The predicted molar refractivity (Wildman–Crippen MR) is 79.5 cm³/mol. The lowest BCUT2D eigenvalue weighted by molar-refractivity contribution is -0.208. The van der Waals surface area contributed by atoms with E-state index in [0.717, 1.165) is 0 Å². The molecule has 1 N–H and O–H groups in total. The van der Waals surface area contributed by atoms with Crippen LogP contribution in [0.25, 0.3) is 0 Å². The Labute approximate surface area is 133 Å². The normalized spacial score (nSPS) is 22.3. The molecular weight excluding hydrogens is 310 g/mol. The summed E-state index contributed by atoms with van der Waals surface area (Å²) in [6.45, 7) is 3.09. The highest BCUT2D eigenvalue weighted by Gasteiger charge is 2.46. The van der Waals surface area contributed by atoms with Gasteiger partial charge >= 0.3 is 6.09 Å². The molecule has 0 radical (unpaired) electrons. The summed E-state index contributed by atoms with van der Waals surface area (Å²) in [7, 11) is 1.23. The molecular formula is C15H18ClNO5. The summed E-state index contributed by atoms with van der Waals surface area (Å²) in [6, 6.07) is 6.51. The molecule has 0 aromatic heterocycles. The molecule has 22 heavy (non-hydrogen) atoms. The van der Waals surface area contributed by atoms with Crippen LogP contribution in [-0.4, -0.2) is 47.4 Å². The van der Waals surface area contributed by atoms with E-state index in [0.29, 0.717) is 10.6 Å². The Balaban J connectivity index is 2.21. The number of aliphatic hydroxyl groups is 1. The number of ketones is 1. The molecule has 0 saturated carbocycles. The van der Waals surface area contributed by atoms with Gasteiger partial charge in [0.05, 0.1) is 13.7 Å². The van der Waals surface area contributed by atoms with E-state index in [1.807, 2.05) is 0 Å². The van der Waals surface area contributed by atoms with E-state index < -0.39 is 29.8 Å². The topological polar surface area (TPSA) is 76.1 Å². The second kappa shape index (κ2) is 6.24. The van der Waals surface area contributed by atoms with Crippen molar-refractivity contribution in [1.82, 2.24) is 4.90 Å². The smallest absolute Gasteiger partial charge is 0.412 e. The molecule has 1 saturated heterocycles. The maximum atomic E-state index is 12.2. The SMILES string of the molecule is COC(=O)N1CC(=O)[C@H]([C@@H](O)c2ccc(Cl)cc2)OC1(C)C. The summed E-state index contributed by atoms with van der Waals surface area (Å²) >= 11 is 5.81. The molecule has 0 bridgehead atoms. The third kappa shape index (κ3) is 3.24. The number of hydrogen-bond acceptors (Lipinski definition) is 5. The number of rotatable bonds is 2. The van der Waals surface area contributed by atoms with Crippen molar-refractivity contribution >= 4 is 23.5 Å². The van der Waals surface area contributed by atoms with Gasteiger partial charge in [-0.1, -0.05) is 23.7 Å². The summed E-state index contributed by atoms with van der Waals surface area (Å²) in [5.41, 5.74) is -0.552. The molecule has 0 unspecified atom stereocenters. The number of ether oxygens (including phenoxy) is 2. The lowest BCUT2D eigenvalue weighted by atomic mass is 9.98.